The molecule has 2 rings (SSSR count). The van der Waals surface area contributed by atoms with E-state index in [1.165, 1.54) is 11.1 Å². The van der Waals surface area contributed by atoms with E-state index in [0.29, 0.717) is 18.8 Å². The first kappa shape index (κ1) is 21.0. The standard InChI is InChI=1S/C22H28N2O2S/c1-4-23-22(26)18(3)24(14-19-12-10-17(2)11-13-19)21(25)16-27-15-20-8-6-5-7-9-20/h5-13,18H,4,14-16H2,1-3H3,(H,23,26). The second-order valence-electron chi connectivity index (χ2n) is 6.56. The molecule has 0 saturated carbocycles. The summed E-state index contributed by atoms with van der Waals surface area (Å²) in [5, 5.41) is 2.82. The van der Waals surface area contributed by atoms with Gasteiger partial charge in [-0.1, -0.05) is 60.2 Å². The molecule has 2 amide bonds. The van der Waals surface area contributed by atoms with Crippen LogP contribution in [0, 0.1) is 6.92 Å². The quantitative estimate of drug-likeness (QED) is 0.716. The molecule has 0 bridgehead atoms. The molecule has 1 unspecified atom stereocenters. The Kier molecular flexibility index (Phi) is 8.40. The predicted octanol–water partition coefficient (Wildman–Crippen LogP) is 3.78. The van der Waals surface area contributed by atoms with Crippen LogP contribution in [-0.2, 0) is 21.9 Å². The van der Waals surface area contributed by atoms with Crippen LogP contribution in [0.2, 0.25) is 0 Å². The normalized spacial score (nSPS) is 11.7. The molecule has 4 nitrogen and oxygen atoms in total. The number of carbonyl (C=O) groups excluding carboxylic acids is 2. The maximum atomic E-state index is 12.9. The Morgan fingerprint density at radius 1 is 1.04 bits per heavy atom. The van der Waals surface area contributed by atoms with Crippen molar-refractivity contribution in [2.24, 2.45) is 0 Å². The number of hydrogen-bond donors (Lipinski definition) is 1. The molecule has 0 aromatic heterocycles. The lowest BCUT2D eigenvalue weighted by atomic mass is 10.1. The molecule has 1 N–H and O–H groups in total. The molecule has 0 aliphatic heterocycles. The fraction of sp³-hybridized carbons (Fsp3) is 0.364. The van der Waals surface area contributed by atoms with Gasteiger partial charge in [-0.05, 0) is 31.9 Å². The van der Waals surface area contributed by atoms with E-state index in [1.54, 1.807) is 23.6 Å². The number of benzene rings is 2. The van der Waals surface area contributed by atoms with Crippen molar-refractivity contribution in [1.82, 2.24) is 10.2 Å². The van der Waals surface area contributed by atoms with Crippen LogP contribution in [0.15, 0.2) is 54.6 Å². The van der Waals surface area contributed by atoms with E-state index in [2.05, 4.69) is 17.4 Å². The van der Waals surface area contributed by atoms with Gasteiger partial charge in [-0.25, -0.2) is 0 Å². The van der Waals surface area contributed by atoms with Gasteiger partial charge in [0.15, 0.2) is 0 Å². The first-order chi connectivity index (χ1) is 13.0. The van der Waals surface area contributed by atoms with Crippen molar-refractivity contribution in [1.29, 1.82) is 0 Å². The molecule has 5 heteroatoms. The zero-order valence-corrected chi connectivity index (χ0v) is 17.1. The number of rotatable bonds is 9. The van der Waals surface area contributed by atoms with Crippen LogP contribution < -0.4 is 5.32 Å². The second kappa shape index (κ2) is 10.8. The summed E-state index contributed by atoms with van der Waals surface area (Å²) in [5.74, 6) is 0.992. The summed E-state index contributed by atoms with van der Waals surface area (Å²) in [4.78, 5) is 26.9. The molecule has 27 heavy (non-hydrogen) atoms. The van der Waals surface area contributed by atoms with E-state index >= 15 is 0 Å². The monoisotopic (exact) mass is 384 g/mol. The number of nitrogens with one attached hydrogen (secondary N) is 1. The fourth-order valence-corrected chi connectivity index (χ4v) is 3.58. The van der Waals surface area contributed by atoms with Crippen LogP contribution >= 0.6 is 11.8 Å². The van der Waals surface area contributed by atoms with Crippen molar-refractivity contribution in [2.75, 3.05) is 12.3 Å². The topological polar surface area (TPSA) is 49.4 Å². The van der Waals surface area contributed by atoms with Crippen molar-refractivity contribution in [3.63, 3.8) is 0 Å². The smallest absolute Gasteiger partial charge is 0.242 e. The maximum Gasteiger partial charge on any atom is 0.242 e. The molecular formula is C22H28N2O2S. The molecule has 2 aromatic rings. The molecule has 0 aliphatic rings. The van der Waals surface area contributed by atoms with Gasteiger partial charge >= 0.3 is 0 Å². The summed E-state index contributed by atoms with van der Waals surface area (Å²) in [6.45, 7) is 6.69. The van der Waals surface area contributed by atoms with Gasteiger partial charge < -0.3 is 10.2 Å². The summed E-state index contributed by atoms with van der Waals surface area (Å²) in [5.41, 5.74) is 3.39. The Morgan fingerprint density at radius 3 is 2.33 bits per heavy atom. The zero-order valence-electron chi connectivity index (χ0n) is 16.3. The summed E-state index contributed by atoms with van der Waals surface area (Å²) >= 11 is 1.58. The van der Waals surface area contributed by atoms with Crippen LogP contribution in [0.4, 0.5) is 0 Å². The predicted molar refractivity (Wildman–Crippen MR) is 112 cm³/mol. The number of aryl methyl sites for hydroxylation is 1. The molecule has 1 atom stereocenters. The van der Waals surface area contributed by atoms with Crippen LogP contribution in [-0.4, -0.2) is 35.1 Å². The highest BCUT2D eigenvalue weighted by Crippen LogP contribution is 2.16. The third-order valence-electron chi connectivity index (χ3n) is 4.33. The maximum absolute atomic E-state index is 12.9. The van der Waals surface area contributed by atoms with Gasteiger partial charge in [-0.15, -0.1) is 11.8 Å². The van der Waals surface area contributed by atoms with Gasteiger partial charge in [0, 0.05) is 18.8 Å². The van der Waals surface area contributed by atoms with Gasteiger partial charge in [0.05, 0.1) is 5.75 Å². The summed E-state index contributed by atoms with van der Waals surface area (Å²) in [6, 6.07) is 17.7. The Hall–Kier alpha value is -2.27. The Bertz CT molecular complexity index is 732. The minimum atomic E-state index is -0.504. The highest BCUT2D eigenvalue weighted by molar-refractivity contribution is 7.99. The molecule has 0 saturated heterocycles. The number of hydrogen-bond acceptors (Lipinski definition) is 3. The fourth-order valence-electron chi connectivity index (χ4n) is 2.71. The summed E-state index contributed by atoms with van der Waals surface area (Å²) in [6.07, 6.45) is 0. The first-order valence-corrected chi connectivity index (χ1v) is 10.4. The van der Waals surface area contributed by atoms with Gasteiger partial charge in [0.25, 0.3) is 0 Å². The van der Waals surface area contributed by atoms with E-state index in [-0.39, 0.29) is 11.8 Å². The third kappa shape index (κ3) is 6.75. The Labute approximate surface area is 166 Å². The third-order valence-corrected chi connectivity index (χ3v) is 5.32. The van der Waals surface area contributed by atoms with Gasteiger partial charge in [-0.2, -0.15) is 0 Å². The lowest BCUT2D eigenvalue weighted by Crippen LogP contribution is -2.48. The van der Waals surface area contributed by atoms with Crippen LogP contribution in [0.5, 0.6) is 0 Å². The van der Waals surface area contributed by atoms with Crippen molar-refractivity contribution in [3.8, 4) is 0 Å². The van der Waals surface area contributed by atoms with E-state index in [0.717, 1.165) is 11.3 Å². The van der Waals surface area contributed by atoms with Crippen LogP contribution in [0.25, 0.3) is 0 Å². The molecule has 0 fully saturated rings. The molecule has 0 aliphatic carbocycles. The van der Waals surface area contributed by atoms with Gasteiger partial charge in [0.1, 0.15) is 6.04 Å². The molecular weight excluding hydrogens is 356 g/mol. The summed E-state index contributed by atoms with van der Waals surface area (Å²) in [7, 11) is 0. The van der Waals surface area contributed by atoms with E-state index in [1.807, 2.05) is 56.3 Å². The Morgan fingerprint density at radius 2 is 1.70 bits per heavy atom. The Balaban J connectivity index is 2.03. The average Bonchev–Trinajstić information content (AvgIpc) is 2.68. The number of likely N-dealkylation sites (N-methyl/N-ethyl adjacent to an activating group) is 1. The van der Waals surface area contributed by atoms with Crippen LogP contribution in [0.3, 0.4) is 0 Å². The van der Waals surface area contributed by atoms with Crippen molar-refractivity contribution >= 4 is 23.6 Å². The zero-order chi connectivity index (χ0) is 19.6. The summed E-state index contributed by atoms with van der Waals surface area (Å²) < 4.78 is 0. The number of nitrogens with zero attached hydrogens (tertiary/aromatic N) is 1. The minimum absolute atomic E-state index is 0.0183. The lowest BCUT2D eigenvalue weighted by Gasteiger charge is -2.28. The minimum Gasteiger partial charge on any atom is -0.355 e. The van der Waals surface area contributed by atoms with Crippen LogP contribution in [0.1, 0.15) is 30.5 Å². The molecule has 0 radical (unpaired) electrons. The highest BCUT2D eigenvalue weighted by Gasteiger charge is 2.25. The van der Waals surface area contributed by atoms with Gasteiger partial charge in [0.2, 0.25) is 11.8 Å². The van der Waals surface area contributed by atoms with E-state index < -0.39 is 6.04 Å². The lowest BCUT2D eigenvalue weighted by molar-refractivity contribution is -0.138. The molecule has 0 spiro atoms. The molecule has 144 valence electrons. The van der Waals surface area contributed by atoms with Crippen molar-refractivity contribution < 1.29 is 9.59 Å². The number of amides is 2. The largest absolute Gasteiger partial charge is 0.355 e. The van der Waals surface area contributed by atoms with E-state index in [9.17, 15) is 9.59 Å². The molecule has 0 heterocycles. The molecule has 2 aromatic carbocycles. The van der Waals surface area contributed by atoms with Gasteiger partial charge in [-0.3, -0.25) is 9.59 Å². The highest BCUT2D eigenvalue weighted by atomic mass is 32.2. The average molecular weight is 385 g/mol. The SMILES string of the molecule is CCNC(=O)C(C)N(Cc1ccc(C)cc1)C(=O)CSCc1ccccc1. The van der Waals surface area contributed by atoms with E-state index in [4.69, 9.17) is 0 Å². The van der Waals surface area contributed by atoms with Crippen molar-refractivity contribution in [2.45, 2.75) is 39.1 Å². The first-order valence-electron chi connectivity index (χ1n) is 9.25. The second-order valence-corrected chi connectivity index (χ2v) is 7.54. The van der Waals surface area contributed by atoms with Crippen molar-refractivity contribution in [3.05, 3.63) is 71.3 Å². The number of carbonyl (C=O) groups is 2. The number of thioether (sulfide) groups is 1.